The van der Waals surface area contributed by atoms with E-state index in [1.165, 1.54) is 6.33 Å². The Hall–Kier alpha value is -3.61. The molecule has 28 heavy (non-hydrogen) atoms. The standard InChI is InChI=1S/C21H22N4O3/c1-3-27-16-11-9-15(10-12-16)24-20-13-18(22-14-23-20)21(26)25-17-7-5-6-8-19(17)28-4-2/h5-14H,3-4H2,1-2H3,(H,25,26)(H,22,23,24). The fourth-order valence-corrected chi connectivity index (χ4v) is 2.54. The molecule has 0 bridgehead atoms. The van der Waals surface area contributed by atoms with E-state index >= 15 is 0 Å². The maximum atomic E-state index is 12.6. The molecule has 0 unspecified atom stereocenters. The van der Waals surface area contributed by atoms with Gasteiger partial charge in [-0.25, -0.2) is 9.97 Å². The Labute approximate surface area is 163 Å². The molecule has 7 heteroatoms. The van der Waals surface area contributed by atoms with Crippen molar-refractivity contribution in [2.45, 2.75) is 13.8 Å². The zero-order chi connectivity index (χ0) is 19.8. The molecular formula is C21H22N4O3. The van der Waals surface area contributed by atoms with Crippen LogP contribution in [0.3, 0.4) is 0 Å². The van der Waals surface area contributed by atoms with Crippen molar-refractivity contribution in [3.63, 3.8) is 0 Å². The number of carbonyl (C=O) groups is 1. The molecule has 144 valence electrons. The molecule has 0 aliphatic heterocycles. The number of amides is 1. The molecule has 7 nitrogen and oxygen atoms in total. The molecule has 1 amide bonds. The summed E-state index contributed by atoms with van der Waals surface area (Å²) in [5, 5.41) is 5.98. The second-order valence-electron chi connectivity index (χ2n) is 5.75. The van der Waals surface area contributed by atoms with Crippen molar-refractivity contribution in [3.8, 4) is 11.5 Å². The minimum atomic E-state index is -0.343. The number of hydrogen-bond acceptors (Lipinski definition) is 6. The molecule has 0 aliphatic carbocycles. The lowest BCUT2D eigenvalue weighted by Crippen LogP contribution is -2.15. The van der Waals surface area contributed by atoms with Crippen LogP contribution in [0.15, 0.2) is 60.9 Å². The highest BCUT2D eigenvalue weighted by Crippen LogP contribution is 2.24. The molecule has 0 atom stereocenters. The van der Waals surface area contributed by atoms with E-state index in [0.717, 1.165) is 11.4 Å². The number of rotatable bonds is 8. The first-order valence-corrected chi connectivity index (χ1v) is 9.04. The predicted octanol–water partition coefficient (Wildman–Crippen LogP) is 4.27. The van der Waals surface area contributed by atoms with Crippen LogP contribution in [-0.4, -0.2) is 29.1 Å². The number of ether oxygens (including phenoxy) is 2. The highest BCUT2D eigenvalue weighted by Gasteiger charge is 2.12. The van der Waals surface area contributed by atoms with Crippen LogP contribution >= 0.6 is 0 Å². The first-order chi connectivity index (χ1) is 13.7. The summed E-state index contributed by atoms with van der Waals surface area (Å²) in [7, 11) is 0. The summed E-state index contributed by atoms with van der Waals surface area (Å²) in [6.07, 6.45) is 1.35. The van der Waals surface area contributed by atoms with Crippen molar-refractivity contribution in [1.82, 2.24) is 9.97 Å². The van der Waals surface area contributed by atoms with Gasteiger partial charge in [0.15, 0.2) is 0 Å². The summed E-state index contributed by atoms with van der Waals surface area (Å²) >= 11 is 0. The van der Waals surface area contributed by atoms with Crippen molar-refractivity contribution in [2.75, 3.05) is 23.8 Å². The van der Waals surface area contributed by atoms with Gasteiger partial charge in [-0.15, -0.1) is 0 Å². The van der Waals surface area contributed by atoms with Crippen molar-refractivity contribution >= 4 is 23.1 Å². The molecule has 0 saturated carbocycles. The van der Waals surface area contributed by atoms with Crippen LogP contribution in [-0.2, 0) is 0 Å². The van der Waals surface area contributed by atoms with Crippen molar-refractivity contribution in [1.29, 1.82) is 0 Å². The normalized spacial score (nSPS) is 10.2. The third-order valence-electron chi connectivity index (χ3n) is 3.77. The van der Waals surface area contributed by atoms with E-state index in [-0.39, 0.29) is 11.6 Å². The zero-order valence-electron chi connectivity index (χ0n) is 15.8. The average molecular weight is 378 g/mol. The molecule has 0 aliphatic rings. The lowest BCUT2D eigenvalue weighted by Gasteiger charge is -2.11. The molecule has 1 heterocycles. The number of nitrogens with one attached hydrogen (secondary N) is 2. The topological polar surface area (TPSA) is 85.4 Å². The Morgan fingerprint density at radius 1 is 0.964 bits per heavy atom. The first-order valence-electron chi connectivity index (χ1n) is 9.04. The number of aromatic nitrogens is 2. The number of hydrogen-bond donors (Lipinski definition) is 2. The van der Waals surface area contributed by atoms with Crippen LogP contribution in [0.1, 0.15) is 24.3 Å². The molecular weight excluding hydrogens is 356 g/mol. The van der Waals surface area contributed by atoms with E-state index in [2.05, 4.69) is 20.6 Å². The maximum absolute atomic E-state index is 12.6. The van der Waals surface area contributed by atoms with E-state index in [1.807, 2.05) is 50.2 Å². The van der Waals surface area contributed by atoms with Gasteiger partial charge in [0.25, 0.3) is 5.91 Å². The van der Waals surface area contributed by atoms with Gasteiger partial charge in [-0.1, -0.05) is 12.1 Å². The molecule has 3 rings (SSSR count). The fourth-order valence-electron chi connectivity index (χ4n) is 2.54. The van der Waals surface area contributed by atoms with Gasteiger partial charge in [-0.3, -0.25) is 4.79 Å². The second kappa shape index (κ2) is 9.36. The summed E-state index contributed by atoms with van der Waals surface area (Å²) in [5.74, 6) is 1.58. The molecule has 0 saturated heterocycles. The Morgan fingerprint density at radius 2 is 1.71 bits per heavy atom. The smallest absolute Gasteiger partial charge is 0.274 e. The monoisotopic (exact) mass is 378 g/mol. The molecule has 0 radical (unpaired) electrons. The van der Waals surface area contributed by atoms with Gasteiger partial charge in [0.1, 0.15) is 29.3 Å². The quantitative estimate of drug-likeness (QED) is 0.609. The Balaban J connectivity index is 1.71. The van der Waals surface area contributed by atoms with Gasteiger partial charge in [0.05, 0.1) is 18.9 Å². The van der Waals surface area contributed by atoms with Crippen LogP contribution in [0.4, 0.5) is 17.2 Å². The van der Waals surface area contributed by atoms with Crippen LogP contribution in [0.5, 0.6) is 11.5 Å². The maximum Gasteiger partial charge on any atom is 0.274 e. The molecule has 1 aromatic heterocycles. The van der Waals surface area contributed by atoms with Gasteiger partial charge < -0.3 is 20.1 Å². The van der Waals surface area contributed by atoms with Crippen molar-refractivity contribution in [2.24, 2.45) is 0 Å². The Kier molecular flexibility index (Phi) is 6.41. The number of benzene rings is 2. The second-order valence-corrected chi connectivity index (χ2v) is 5.75. The Bertz CT molecular complexity index is 929. The van der Waals surface area contributed by atoms with E-state index in [0.29, 0.717) is 30.5 Å². The van der Waals surface area contributed by atoms with Gasteiger partial charge in [-0.2, -0.15) is 0 Å². The molecule has 2 N–H and O–H groups in total. The number of nitrogens with zero attached hydrogens (tertiary/aromatic N) is 2. The number of para-hydroxylation sites is 2. The third kappa shape index (κ3) is 4.97. The summed E-state index contributed by atoms with van der Waals surface area (Å²) in [6.45, 7) is 4.95. The van der Waals surface area contributed by atoms with Crippen LogP contribution < -0.4 is 20.1 Å². The van der Waals surface area contributed by atoms with Gasteiger partial charge in [-0.05, 0) is 50.2 Å². The number of anilines is 3. The van der Waals surface area contributed by atoms with Crippen LogP contribution in [0.25, 0.3) is 0 Å². The summed E-state index contributed by atoms with van der Waals surface area (Å²) in [6, 6.07) is 16.4. The van der Waals surface area contributed by atoms with E-state index < -0.39 is 0 Å². The summed E-state index contributed by atoms with van der Waals surface area (Å²) in [5.41, 5.74) is 1.67. The largest absolute Gasteiger partial charge is 0.494 e. The summed E-state index contributed by atoms with van der Waals surface area (Å²) in [4.78, 5) is 20.8. The van der Waals surface area contributed by atoms with E-state index in [9.17, 15) is 4.79 Å². The van der Waals surface area contributed by atoms with Crippen molar-refractivity contribution in [3.05, 3.63) is 66.6 Å². The highest BCUT2D eigenvalue weighted by atomic mass is 16.5. The van der Waals surface area contributed by atoms with Crippen molar-refractivity contribution < 1.29 is 14.3 Å². The van der Waals surface area contributed by atoms with Gasteiger partial charge >= 0.3 is 0 Å². The SMILES string of the molecule is CCOc1ccc(Nc2cc(C(=O)Nc3ccccc3OCC)ncn2)cc1. The minimum absolute atomic E-state index is 0.245. The third-order valence-corrected chi connectivity index (χ3v) is 3.77. The Morgan fingerprint density at radius 3 is 2.46 bits per heavy atom. The lowest BCUT2D eigenvalue weighted by atomic mass is 10.2. The highest BCUT2D eigenvalue weighted by molar-refractivity contribution is 6.04. The molecule has 0 fully saturated rings. The minimum Gasteiger partial charge on any atom is -0.494 e. The van der Waals surface area contributed by atoms with Gasteiger partial charge in [0, 0.05) is 11.8 Å². The molecule has 0 spiro atoms. The fraction of sp³-hybridized carbons (Fsp3) is 0.190. The first kappa shape index (κ1) is 19.2. The van der Waals surface area contributed by atoms with E-state index in [4.69, 9.17) is 9.47 Å². The molecule has 2 aromatic carbocycles. The average Bonchev–Trinajstić information content (AvgIpc) is 2.71. The number of carbonyl (C=O) groups excluding carboxylic acids is 1. The van der Waals surface area contributed by atoms with Crippen LogP contribution in [0.2, 0.25) is 0 Å². The molecule has 3 aromatic rings. The summed E-state index contributed by atoms with van der Waals surface area (Å²) < 4.78 is 11.0. The van der Waals surface area contributed by atoms with E-state index in [1.54, 1.807) is 18.2 Å². The lowest BCUT2D eigenvalue weighted by molar-refractivity contribution is 0.102. The predicted molar refractivity (Wildman–Crippen MR) is 108 cm³/mol. The zero-order valence-corrected chi connectivity index (χ0v) is 15.8. The van der Waals surface area contributed by atoms with Gasteiger partial charge in [0.2, 0.25) is 0 Å². The van der Waals surface area contributed by atoms with Crippen LogP contribution in [0, 0.1) is 0 Å².